The van der Waals surface area contributed by atoms with Gasteiger partial charge in [0.1, 0.15) is 5.54 Å². The second-order valence-corrected chi connectivity index (χ2v) is 6.17. The smallest absolute Gasteiger partial charge is 0.326 e. The van der Waals surface area contributed by atoms with Crippen molar-refractivity contribution >= 4 is 5.97 Å². The van der Waals surface area contributed by atoms with Gasteiger partial charge in [0, 0.05) is 6.04 Å². The van der Waals surface area contributed by atoms with Crippen LogP contribution in [0.4, 0.5) is 0 Å². The Morgan fingerprint density at radius 1 is 1.24 bits per heavy atom. The molecular formula is C14H23NO2. The van der Waals surface area contributed by atoms with E-state index in [2.05, 4.69) is 5.32 Å². The fraction of sp³-hybridized carbons (Fsp3) is 0.929. The lowest BCUT2D eigenvalue weighted by Gasteiger charge is -2.38. The molecule has 3 rings (SSSR count). The topological polar surface area (TPSA) is 38.3 Å². The Bertz CT molecular complexity index is 311. The molecule has 0 heterocycles. The summed E-state index contributed by atoms with van der Waals surface area (Å²) in [5.74, 6) is 1.28. The lowest BCUT2D eigenvalue weighted by atomic mass is 9.80. The number of hydrogen-bond acceptors (Lipinski definition) is 3. The third-order valence-corrected chi connectivity index (χ3v) is 5.22. The fourth-order valence-electron chi connectivity index (χ4n) is 4.43. The van der Waals surface area contributed by atoms with E-state index in [4.69, 9.17) is 4.74 Å². The summed E-state index contributed by atoms with van der Waals surface area (Å²) in [6.07, 6.45) is 9.85. The zero-order chi connectivity index (χ0) is 11.9. The summed E-state index contributed by atoms with van der Waals surface area (Å²) >= 11 is 0. The maximum atomic E-state index is 12.2. The molecule has 2 bridgehead atoms. The Balaban J connectivity index is 1.79. The molecule has 0 aromatic carbocycles. The molecule has 3 heteroatoms. The summed E-state index contributed by atoms with van der Waals surface area (Å²) in [6.45, 7) is 0. The first-order chi connectivity index (χ1) is 8.24. The first-order valence-electron chi connectivity index (χ1n) is 7.11. The number of carbonyl (C=O) groups is 1. The van der Waals surface area contributed by atoms with Crippen LogP contribution in [0, 0.1) is 11.8 Å². The average Bonchev–Trinajstić information content (AvgIpc) is 3.04. The molecule has 3 atom stereocenters. The Kier molecular flexibility index (Phi) is 2.89. The molecule has 0 spiro atoms. The first-order valence-corrected chi connectivity index (χ1v) is 7.11. The number of ether oxygens (including phenoxy) is 1. The minimum Gasteiger partial charge on any atom is -0.468 e. The van der Waals surface area contributed by atoms with Gasteiger partial charge in [-0.25, -0.2) is 0 Å². The van der Waals surface area contributed by atoms with Crippen LogP contribution in [-0.4, -0.2) is 24.7 Å². The first kappa shape index (κ1) is 11.5. The summed E-state index contributed by atoms with van der Waals surface area (Å²) in [6, 6.07) is 0.549. The van der Waals surface area contributed by atoms with E-state index in [-0.39, 0.29) is 11.5 Å². The molecule has 3 aliphatic rings. The predicted molar refractivity (Wildman–Crippen MR) is 65.6 cm³/mol. The maximum absolute atomic E-state index is 12.2. The highest BCUT2D eigenvalue weighted by molar-refractivity contribution is 5.82. The van der Waals surface area contributed by atoms with Crippen LogP contribution in [0.3, 0.4) is 0 Å². The normalized spacial score (nSPS) is 41.0. The van der Waals surface area contributed by atoms with E-state index in [1.165, 1.54) is 52.1 Å². The summed E-state index contributed by atoms with van der Waals surface area (Å²) in [5.41, 5.74) is -0.327. The van der Waals surface area contributed by atoms with Crippen molar-refractivity contribution in [2.75, 3.05) is 7.11 Å². The van der Waals surface area contributed by atoms with Gasteiger partial charge in [-0.3, -0.25) is 10.1 Å². The Morgan fingerprint density at radius 3 is 2.53 bits per heavy atom. The number of carbonyl (C=O) groups excluding carboxylic acids is 1. The molecule has 3 unspecified atom stereocenters. The highest BCUT2D eigenvalue weighted by atomic mass is 16.5. The highest BCUT2D eigenvalue weighted by Gasteiger charge is 2.57. The zero-order valence-corrected chi connectivity index (χ0v) is 10.7. The van der Waals surface area contributed by atoms with Crippen LogP contribution in [0.5, 0.6) is 0 Å². The number of rotatable bonds is 3. The molecule has 96 valence electrons. The van der Waals surface area contributed by atoms with Crippen LogP contribution < -0.4 is 5.32 Å². The van der Waals surface area contributed by atoms with Crippen molar-refractivity contribution < 1.29 is 9.53 Å². The van der Waals surface area contributed by atoms with Crippen molar-refractivity contribution in [2.24, 2.45) is 11.8 Å². The van der Waals surface area contributed by atoms with Crippen molar-refractivity contribution in [1.82, 2.24) is 5.32 Å². The van der Waals surface area contributed by atoms with E-state index < -0.39 is 0 Å². The third-order valence-electron chi connectivity index (χ3n) is 5.22. The molecule has 0 aromatic rings. The third kappa shape index (κ3) is 1.79. The van der Waals surface area contributed by atoms with Crippen LogP contribution >= 0.6 is 0 Å². The lowest BCUT2D eigenvalue weighted by molar-refractivity contribution is -0.151. The summed E-state index contributed by atoms with van der Waals surface area (Å²) in [7, 11) is 1.53. The van der Waals surface area contributed by atoms with Gasteiger partial charge in [0.15, 0.2) is 0 Å². The van der Waals surface area contributed by atoms with Crippen molar-refractivity contribution in [2.45, 2.75) is 62.9 Å². The van der Waals surface area contributed by atoms with E-state index >= 15 is 0 Å². The van der Waals surface area contributed by atoms with Gasteiger partial charge in [-0.05, 0) is 43.9 Å². The Labute approximate surface area is 103 Å². The van der Waals surface area contributed by atoms with E-state index in [1.54, 1.807) is 0 Å². The number of methoxy groups -OCH3 is 1. The Morgan fingerprint density at radius 2 is 2.00 bits per heavy atom. The molecule has 3 fully saturated rings. The van der Waals surface area contributed by atoms with Crippen LogP contribution in [0.2, 0.25) is 0 Å². The summed E-state index contributed by atoms with van der Waals surface area (Å²) < 4.78 is 5.10. The maximum Gasteiger partial charge on any atom is 0.326 e. The summed E-state index contributed by atoms with van der Waals surface area (Å²) in [4.78, 5) is 12.2. The van der Waals surface area contributed by atoms with Gasteiger partial charge in [0.25, 0.3) is 0 Å². The number of hydrogen-bond donors (Lipinski definition) is 1. The van der Waals surface area contributed by atoms with Crippen molar-refractivity contribution in [3.8, 4) is 0 Å². The van der Waals surface area contributed by atoms with Crippen LogP contribution in [-0.2, 0) is 9.53 Å². The van der Waals surface area contributed by atoms with Gasteiger partial charge in [-0.2, -0.15) is 0 Å². The Hall–Kier alpha value is -0.570. The van der Waals surface area contributed by atoms with E-state index in [9.17, 15) is 4.79 Å². The largest absolute Gasteiger partial charge is 0.468 e. The molecule has 3 aliphatic carbocycles. The molecular weight excluding hydrogens is 214 g/mol. The number of esters is 1. The molecule has 0 amide bonds. The minimum absolute atomic E-state index is 0.00315. The van der Waals surface area contributed by atoms with Gasteiger partial charge >= 0.3 is 5.97 Å². The molecule has 17 heavy (non-hydrogen) atoms. The fourth-order valence-corrected chi connectivity index (χ4v) is 4.43. The minimum atomic E-state index is -0.327. The van der Waals surface area contributed by atoms with Crippen molar-refractivity contribution in [3.63, 3.8) is 0 Å². The number of fused-ring (bicyclic) bond motifs is 2. The van der Waals surface area contributed by atoms with Gasteiger partial charge in [-0.1, -0.05) is 19.3 Å². The molecule has 1 N–H and O–H groups in total. The van der Waals surface area contributed by atoms with Gasteiger partial charge < -0.3 is 4.74 Å². The standard InChI is InChI=1S/C14H23NO2/c1-17-13(16)14(15-12-4-2-3-5-12)9-10-6-7-11(14)8-10/h10-12,15H,2-9H2,1H3. The SMILES string of the molecule is COC(=O)C1(NC2CCCC2)CC2CCC1C2. The van der Waals surface area contributed by atoms with E-state index in [1.807, 2.05) is 0 Å². The van der Waals surface area contributed by atoms with Gasteiger partial charge in [0.05, 0.1) is 7.11 Å². The van der Waals surface area contributed by atoms with Crippen LogP contribution in [0.25, 0.3) is 0 Å². The summed E-state index contributed by atoms with van der Waals surface area (Å²) in [5, 5.41) is 3.70. The quantitative estimate of drug-likeness (QED) is 0.765. The number of nitrogens with one attached hydrogen (secondary N) is 1. The van der Waals surface area contributed by atoms with Crippen LogP contribution in [0.1, 0.15) is 51.4 Å². The predicted octanol–water partition coefficient (Wildman–Crippen LogP) is 2.25. The van der Waals surface area contributed by atoms with Gasteiger partial charge in [0.2, 0.25) is 0 Å². The monoisotopic (exact) mass is 237 g/mol. The molecule has 0 radical (unpaired) electrons. The average molecular weight is 237 g/mol. The zero-order valence-electron chi connectivity index (χ0n) is 10.7. The van der Waals surface area contributed by atoms with Crippen LogP contribution in [0.15, 0.2) is 0 Å². The second kappa shape index (κ2) is 4.27. The molecule has 0 aliphatic heterocycles. The van der Waals surface area contributed by atoms with E-state index in [0.29, 0.717) is 12.0 Å². The molecule has 3 saturated carbocycles. The molecule has 0 saturated heterocycles. The van der Waals surface area contributed by atoms with Gasteiger partial charge in [-0.15, -0.1) is 0 Å². The second-order valence-electron chi connectivity index (χ2n) is 6.17. The molecule has 0 aromatic heterocycles. The van der Waals surface area contributed by atoms with Crippen molar-refractivity contribution in [1.29, 1.82) is 0 Å². The molecule has 3 nitrogen and oxygen atoms in total. The van der Waals surface area contributed by atoms with Crippen molar-refractivity contribution in [3.05, 3.63) is 0 Å². The van der Waals surface area contributed by atoms with E-state index in [0.717, 1.165) is 12.3 Å². The lowest BCUT2D eigenvalue weighted by Crippen LogP contribution is -2.59. The highest BCUT2D eigenvalue weighted by Crippen LogP contribution is 2.51.